The zero-order valence-corrected chi connectivity index (χ0v) is 6.72. The van der Waals surface area contributed by atoms with Crippen LogP contribution in [0.3, 0.4) is 0 Å². The molecule has 0 aliphatic rings. The Morgan fingerprint density at radius 1 is 1.60 bits per heavy atom. The van der Waals surface area contributed by atoms with Crippen LogP contribution in [-0.2, 0) is 4.74 Å². The molecule has 0 unspecified atom stereocenters. The topological polar surface area (TPSA) is 21.6 Å². The van der Waals surface area contributed by atoms with E-state index >= 15 is 0 Å². The first-order valence-electron chi connectivity index (χ1n) is 3.10. The Balaban J connectivity index is 4.44. The van der Waals surface area contributed by atoms with E-state index in [1.807, 2.05) is 26.0 Å². The van der Waals surface area contributed by atoms with Gasteiger partial charge in [-0.2, -0.15) is 0 Å². The van der Waals surface area contributed by atoms with E-state index in [-0.39, 0.29) is 0 Å². The highest BCUT2D eigenvalue weighted by Gasteiger charge is 1.92. The molecule has 0 heterocycles. The van der Waals surface area contributed by atoms with Crippen LogP contribution in [0.5, 0.6) is 0 Å². The third-order valence-electron chi connectivity index (χ3n) is 1.13. The molecule has 0 bridgehead atoms. The molecule has 0 saturated carbocycles. The fourth-order valence-corrected chi connectivity index (χ4v) is 0.566. The maximum absolute atomic E-state index is 5.00. The predicted molar refractivity (Wildman–Crippen MR) is 44.1 cm³/mol. The average Bonchev–Trinajstić information content (AvgIpc) is 1.99. The Bertz CT molecular complexity index is 168. The molecule has 0 radical (unpaired) electrons. The number of hydrogen-bond acceptors (Lipinski definition) is 2. The van der Waals surface area contributed by atoms with E-state index in [1.54, 1.807) is 7.11 Å². The van der Waals surface area contributed by atoms with Gasteiger partial charge in [0.2, 0.25) is 0 Å². The maximum Gasteiger partial charge on any atom is 0.139 e. The van der Waals surface area contributed by atoms with Gasteiger partial charge in [0.25, 0.3) is 0 Å². The highest BCUT2D eigenvalue weighted by molar-refractivity contribution is 5.31. The molecule has 0 N–H and O–H groups in total. The van der Waals surface area contributed by atoms with E-state index in [4.69, 9.17) is 4.74 Å². The van der Waals surface area contributed by atoms with Crippen molar-refractivity contribution >= 4 is 6.72 Å². The Kier molecular flexibility index (Phi) is 4.29. The van der Waals surface area contributed by atoms with Crippen molar-refractivity contribution in [3.8, 4) is 0 Å². The lowest BCUT2D eigenvalue weighted by Gasteiger charge is -2.00. The standard InChI is InChI=1S/C8H13NO/c1-5-6-8(10-4)7(2)9-3/h5-6H,3H2,1-2,4H3/b6-5-,8-7+. The lowest BCUT2D eigenvalue weighted by atomic mass is 10.3. The SMILES string of the molecule is C=N/C(C)=C(\C=C/C)OC. The van der Waals surface area contributed by atoms with E-state index < -0.39 is 0 Å². The largest absolute Gasteiger partial charge is 0.495 e. The summed E-state index contributed by atoms with van der Waals surface area (Å²) >= 11 is 0. The number of aliphatic imine (C=N–C) groups is 1. The van der Waals surface area contributed by atoms with Crippen LogP contribution in [0.25, 0.3) is 0 Å². The van der Waals surface area contributed by atoms with Gasteiger partial charge < -0.3 is 4.74 Å². The molecular formula is C8H13NO. The lowest BCUT2D eigenvalue weighted by Crippen LogP contribution is -1.85. The predicted octanol–water partition coefficient (Wildman–Crippen LogP) is 2.14. The van der Waals surface area contributed by atoms with Crippen LogP contribution in [-0.4, -0.2) is 13.8 Å². The summed E-state index contributed by atoms with van der Waals surface area (Å²) in [5, 5.41) is 0. The van der Waals surface area contributed by atoms with Crippen molar-refractivity contribution in [1.82, 2.24) is 0 Å². The van der Waals surface area contributed by atoms with Crippen molar-refractivity contribution in [2.45, 2.75) is 13.8 Å². The van der Waals surface area contributed by atoms with Gasteiger partial charge in [0.15, 0.2) is 0 Å². The van der Waals surface area contributed by atoms with Crippen LogP contribution in [0.15, 0.2) is 28.6 Å². The number of ether oxygens (including phenoxy) is 1. The molecule has 2 heteroatoms. The number of hydrogen-bond donors (Lipinski definition) is 0. The van der Waals surface area contributed by atoms with Crippen molar-refractivity contribution in [1.29, 1.82) is 0 Å². The van der Waals surface area contributed by atoms with Gasteiger partial charge in [0.05, 0.1) is 12.8 Å². The Hall–Kier alpha value is -1.05. The normalized spacial score (nSPS) is 13.1. The number of methoxy groups -OCH3 is 1. The first-order chi connectivity index (χ1) is 4.76. The molecule has 0 rings (SSSR count). The van der Waals surface area contributed by atoms with E-state index in [2.05, 4.69) is 11.7 Å². The van der Waals surface area contributed by atoms with Gasteiger partial charge in [-0.1, -0.05) is 6.08 Å². The van der Waals surface area contributed by atoms with Crippen LogP contribution in [0, 0.1) is 0 Å². The van der Waals surface area contributed by atoms with Crippen molar-refractivity contribution in [3.05, 3.63) is 23.6 Å². The van der Waals surface area contributed by atoms with Gasteiger partial charge in [0.1, 0.15) is 5.76 Å². The van der Waals surface area contributed by atoms with Crippen molar-refractivity contribution in [2.75, 3.05) is 7.11 Å². The number of allylic oxidation sites excluding steroid dienone is 3. The fraction of sp³-hybridized carbons (Fsp3) is 0.375. The molecule has 0 aliphatic carbocycles. The molecular weight excluding hydrogens is 126 g/mol. The minimum absolute atomic E-state index is 0.762. The zero-order chi connectivity index (χ0) is 7.98. The smallest absolute Gasteiger partial charge is 0.139 e. The molecule has 0 aromatic carbocycles. The molecule has 56 valence electrons. The molecule has 0 aliphatic heterocycles. The molecule has 0 aromatic heterocycles. The van der Waals surface area contributed by atoms with Crippen molar-refractivity contribution in [2.24, 2.45) is 4.99 Å². The van der Waals surface area contributed by atoms with Gasteiger partial charge in [-0.15, -0.1) is 0 Å². The summed E-state index contributed by atoms with van der Waals surface area (Å²) in [6.45, 7) is 7.17. The minimum Gasteiger partial charge on any atom is -0.495 e. The van der Waals surface area contributed by atoms with E-state index in [9.17, 15) is 0 Å². The monoisotopic (exact) mass is 139 g/mol. The van der Waals surface area contributed by atoms with Gasteiger partial charge in [0, 0.05) is 0 Å². The Morgan fingerprint density at radius 2 is 2.20 bits per heavy atom. The first-order valence-corrected chi connectivity index (χ1v) is 3.10. The highest BCUT2D eigenvalue weighted by Crippen LogP contribution is 2.06. The molecule has 0 amide bonds. The quantitative estimate of drug-likeness (QED) is 0.333. The fourth-order valence-electron chi connectivity index (χ4n) is 0.566. The molecule has 0 saturated heterocycles. The van der Waals surface area contributed by atoms with Gasteiger partial charge in [-0.05, 0) is 26.6 Å². The number of nitrogens with zero attached hydrogens (tertiary/aromatic N) is 1. The van der Waals surface area contributed by atoms with Crippen LogP contribution in [0.2, 0.25) is 0 Å². The van der Waals surface area contributed by atoms with E-state index in [1.165, 1.54) is 0 Å². The third kappa shape index (κ3) is 2.49. The summed E-state index contributed by atoms with van der Waals surface area (Å²) < 4.78 is 5.00. The molecule has 0 aromatic rings. The van der Waals surface area contributed by atoms with Crippen LogP contribution in [0.4, 0.5) is 0 Å². The zero-order valence-electron chi connectivity index (χ0n) is 6.72. The van der Waals surface area contributed by atoms with Gasteiger partial charge in [-0.3, -0.25) is 4.99 Å². The highest BCUT2D eigenvalue weighted by atomic mass is 16.5. The summed E-state index contributed by atoms with van der Waals surface area (Å²) in [5.41, 5.74) is 0.806. The second kappa shape index (κ2) is 4.79. The minimum atomic E-state index is 0.762. The number of rotatable bonds is 3. The molecule has 10 heavy (non-hydrogen) atoms. The molecule has 0 spiro atoms. The summed E-state index contributed by atoms with van der Waals surface area (Å²) in [6, 6.07) is 0. The lowest BCUT2D eigenvalue weighted by molar-refractivity contribution is 0.302. The van der Waals surface area contributed by atoms with E-state index in [0.717, 1.165) is 11.5 Å². The Labute approximate surface area is 61.9 Å². The second-order valence-electron chi connectivity index (χ2n) is 1.81. The summed E-state index contributed by atoms with van der Waals surface area (Å²) in [7, 11) is 1.62. The van der Waals surface area contributed by atoms with Crippen molar-refractivity contribution < 1.29 is 4.74 Å². The molecule has 0 fully saturated rings. The van der Waals surface area contributed by atoms with E-state index in [0.29, 0.717) is 0 Å². The molecule has 0 atom stereocenters. The van der Waals surface area contributed by atoms with Crippen molar-refractivity contribution in [3.63, 3.8) is 0 Å². The van der Waals surface area contributed by atoms with Gasteiger partial charge >= 0.3 is 0 Å². The van der Waals surface area contributed by atoms with Crippen LogP contribution < -0.4 is 0 Å². The summed E-state index contributed by atoms with van der Waals surface area (Å²) in [4.78, 5) is 3.73. The average molecular weight is 139 g/mol. The third-order valence-corrected chi connectivity index (χ3v) is 1.13. The van der Waals surface area contributed by atoms with Gasteiger partial charge in [-0.25, -0.2) is 0 Å². The summed E-state index contributed by atoms with van der Waals surface area (Å²) in [5.74, 6) is 0.762. The first kappa shape index (κ1) is 8.95. The molecule has 2 nitrogen and oxygen atoms in total. The second-order valence-corrected chi connectivity index (χ2v) is 1.81. The Morgan fingerprint density at radius 3 is 2.50 bits per heavy atom. The van der Waals surface area contributed by atoms with Crippen LogP contribution >= 0.6 is 0 Å². The maximum atomic E-state index is 5.00. The summed E-state index contributed by atoms with van der Waals surface area (Å²) in [6.07, 6.45) is 3.75. The van der Waals surface area contributed by atoms with Crippen LogP contribution in [0.1, 0.15) is 13.8 Å².